The van der Waals surface area contributed by atoms with Crippen molar-refractivity contribution in [2.24, 2.45) is 0 Å². The molecule has 0 saturated heterocycles. The number of rotatable bonds is 6. The number of carbonyl (C=O) groups excluding carboxylic acids is 1. The number of benzene rings is 1. The molecule has 1 aromatic carbocycles. The van der Waals surface area contributed by atoms with Crippen LogP contribution in [0.15, 0.2) is 18.7 Å². The van der Waals surface area contributed by atoms with E-state index in [1.165, 1.54) is 14.2 Å². The summed E-state index contributed by atoms with van der Waals surface area (Å²) in [5, 5.41) is 0. The second-order valence-corrected chi connectivity index (χ2v) is 4.08. The van der Waals surface area contributed by atoms with Gasteiger partial charge in [-0.25, -0.2) is 4.79 Å². The fraction of sp³-hybridized carbons (Fsp3) is 0.400. The van der Waals surface area contributed by atoms with Gasteiger partial charge >= 0.3 is 5.97 Å². The zero-order valence-electron chi connectivity index (χ0n) is 11.9. The molecular weight excluding hydrogens is 244 g/mol. The molecular formula is C15H20O4. The van der Waals surface area contributed by atoms with Gasteiger partial charge in [-0.15, -0.1) is 6.58 Å². The fourth-order valence-electron chi connectivity index (χ4n) is 2.04. The van der Waals surface area contributed by atoms with E-state index < -0.39 is 5.97 Å². The van der Waals surface area contributed by atoms with Gasteiger partial charge < -0.3 is 14.2 Å². The number of allylic oxidation sites excluding steroid dienone is 1. The molecule has 19 heavy (non-hydrogen) atoms. The van der Waals surface area contributed by atoms with Crippen molar-refractivity contribution in [3.8, 4) is 11.5 Å². The Kier molecular flexibility index (Phi) is 5.42. The van der Waals surface area contributed by atoms with Gasteiger partial charge in [0.15, 0.2) is 0 Å². The molecule has 1 rings (SSSR count). The van der Waals surface area contributed by atoms with E-state index in [-0.39, 0.29) is 0 Å². The second-order valence-electron chi connectivity index (χ2n) is 4.08. The molecule has 0 amide bonds. The molecule has 1 aromatic rings. The summed E-state index contributed by atoms with van der Waals surface area (Å²) in [6.07, 6.45) is 3.26. The predicted octanol–water partition coefficient (Wildman–Crippen LogP) is 2.92. The van der Waals surface area contributed by atoms with Crippen molar-refractivity contribution in [3.63, 3.8) is 0 Å². The maximum absolute atomic E-state index is 12.0. The van der Waals surface area contributed by atoms with Gasteiger partial charge in [0.25, 0.3) is 0 Å². The summed E-state index contributed by atoms with van der Waals surface area (Å²) in [7, 11) is 4.48. The van der Waals surface area contributed by atoms with Gasteiger partial charge in [-0.2, -0.15) is 0 Å². The van der Waals surface area contributed by atoms with Crippen molar-refractivity contribution in [1.29, 1.82) is 0 Å². The smallest absolute Gasteiger partial charge is 0.341 e. The van der Waals surface area contributed by atoms with E-state index in [9.17, 15) is 4.79 Å². The van der Waals surface area contributed by atoms with E-state index in [4.69, 9.17) is 14.2 Å². The summed E-state index contributed by atoms with van der Waals surface area (Å²) in [6, 6.07) is 1.71. The summed E-state index contributed by atoms with van der Waals surface area (Å²) >= 11 is 0. The summed E-state index contributed by atoms with van der Waals surface area (Å²) in [6.45, 7) is 5.63. The van der Waals surface area contributed by atoms with Crippen LogP contribution in [-0.4, -0.2) is 27.3 Å². The Hall–Kier alpha value is -1.97. The first kappa shape index (κ1) is 15.1. The molecule has 0 saturated carbocycles. The molecule has 0 unspecified atom stereocenters. The number of methoxy groups -OCH3 is 3. The summed E-state index contributed by atoms with van der Waals surface area (Å²) in [4.78, 5) is 12.0. The van der Waals surface area contributed by atoms with Crippen LogP contribution < -0.4 is 9.47 Å². The van der Waals surface area contributed by atoms with Gasteiger partial charge in [0, 0.05) is 6.07 Å². The van der Waals surface area contributed by atoms with Crippen molar-refractivity contribution in [2.45, 2.75) is 19.8 Å². The predicted molar refractivity (Wildman–Crippen MR) is 74.1 cm³/mol. The Bertz CT molecular complexity index is 478. The van der Waals surface area contributed by atoms with E-state index in [0.717, 1.165) is 17.5 Å². The van der Waals surface area contributed by atoms with Crippen LogP contribution in [0.1, 0.15) is 27.9 Å². The van der Waals surface area contributed by atoms with Crippen molar-refractivity contribution in [3.05, 3.63) is 35.4 Å². The Morgan fingerprint density at radius 1 is 1.26 bits per heavy atom. The Morgan fingerprint density at radius 3 is 2.37 bits per heavy atom. The van der Waals surface area contributed by atoms with Gasteiger partial charge in [0.05, 0.1) is 21.3 Å². The zero-order valence-corrected chi connectivity index (χ0v) is 11.9. The standard InChI is InChI=1S/C15H20O4/c1-6-7-8-11-10(2)12(17-3)9-13(18-4)14(11)15(16)19-5/h6,9H,1,7-8H2,2-5H3. The Labute approximate surface area is 114 Å². The molecule has 104 valence electrons. The topological polar surface area (TPSA) is 44.8 Å². The third kappa shape index (κ3) is 3.08. The van der Waals surface area contributed by atoms with Gasteiger partial charge in [-0.05, 0) is 30.9 Å². The minimum Gasteiger partial charge on any atom is -0.496 e. The highest BCUT2D eigenvalue weighted by molar-refractivity contribution is 5.95. The lowest BCUT2D eigenvalue weighted by Crippen LogP contribution is -2.11. The molecule has 0 aliphatic rings. The van der Waals surface area contributed by atoms with Gasteiger partial charge in [-0.3, -0.25) is 0 Å². The summed E-state index contributed by atoms with van der Waals surface area (Å²) in [5.41, 5.74) is 2.26. The molecule has 0 radical (unpaired) electrons. The Morgan fingerprint density at radius 2 is 1.89 bits per heavy atom. The van der Waals surface area contributed by atoms with E-state index in [1.54, 1.807) is 13.2 Å². The van der Waals surface area contributed by atoms with Gasteiger partial charge in [0.2, 0.25) is 0 Å². The van der Waals surface area contributed by atoms with Gasteiger partial charge in [-0.1, -0.05) is 6.08 Å². The first-order chi connectivity index (χ1) is 9.10. The fourth-order valence-corrected chi connectivity index (χ4v) is 2.04. The lowest BCUT2D eigenvalue weighted by atomic mass is 9.95. The quantitative estimate of drug-likeness (QED) is 0.585. The van der Waals surface area contributed by atoms with Crippen molar-refractivity contribution in [1.82, 2.24) is 0 Å². The number of hydrogen-bond donors (Lipinski definition) is 0. The van der Waals surface area contributed by atoms with E-state index in [2.05, 4.69) is 6.58 Å². The Balaban J connectivity index is 3.49. The molecule has 0 heterocycles. The molecule has 0 aromatic heterocycles. The van der Waals surface area contributed by atoms with Crippen LogP contribution in [0.4, 0.5) is 0 Å². The van der Waals surface area contributed by atoms with Crippen LogP contribution in [0.3, 0.4) is 0 Å². The number of ether oxygens (including phenoxy) is 3. The summed E-state index contributed by atoms with van der Waals surface area (Å²) in [5.74, 6) is 0.763. The average Bonchev–Trinajstić information content (AvgIpc) is 2.44. The van der Waals surface area contributed by atoms with Crippen LogP contribution in [0.25, 0.3) is 0 Å². The third-order valence-electron chi connectivity index (χ3n) is 3.06. The minimum absolute atomic E-state index is 0.401. The first-order valence-corrected chi connectivity index (χ1v) is 6.04. The third-order valence-corrected chi connectivity index (χ3v) is 3.06. The lowest BCUT2D eigenvalue weighted by molar-refractivity contribution is 0.0595. The first-order valence-electron chi connectivity index (χ1n) is 6.04. The minimum atomic E-state index is -0.401. The zero-order chi connectivity index (χ0) is 14.4. The lowest BCUT2D eigenvalue weighted by Gasteiger charge is -2.17. The SMILES string of the molecule is C=CCCc1c(C)c(OC)cc(OC)c1C(=O)OC. The highest BCUT2D eigenvalue weighted by atomic mass is 16.5. The molecule has 0 bridgehead atoms. The van der Waals surface area contributed by atoms with Crippen LogP contribution in [0, 0.1) is 6.92 Å². The van der Waals surface area contributed by atoms with Crippen LogP contribution in [0.2, 0.25) is 0 Å². The molecule has 0 fully saturated rings. The molecule has 0 aliphatic carbocycles. The van der Waals surface area contributed by atoms with Crippen LogP contribution in [-0.2, 0) is 11.2 Å². The monoisotopic (exact) mass is 264 g/mol. The largest absolute Gasteiger partial charge is 0.496 e. The molecule has 0 atom stereocenters. The normalized spacial score (nSPS) is 9.89. The van der Waals surface area contributed by atoms with Crippen molar-refractivity contribution >= 4 is 5.97 Å². The highest BCUT2D eigenvalue weighted by Gasteiger charge is 2.22. The second kappa shape index (κ2) is 6.83. The molecule has 0 spiro atoms. The molecule has 0 aliphatic heterocycles. The van der Waals surface area contributed by atoms with Gasteiger partial charge in [0.1, 0.15) is 17.1 Å². The van der Waals surface area contributed by atoms with E-state index in [0.29, 0.717) is 23.5 Å². The highest BCUT2D eigenvalue weighted by Crippen LogP contribution is 2.34. The molecule has 4 nitrogen and oxygen atoms in total. The number of esters is 1. The maximum atomic E-state index is 12.0. The maximum Gasteiger partial charge on any atom is 0.341 e. The van der Waals surface area contributed by atoms with Crippen molar-refractivity contribution in [2.75, 3.05) is 21.3 Å². The molecule has 0 N–H and O–H groups in total. The number of carbonyl (C=O) groups is 1. The molecule has 4 heteroatoms. The van der Waals surface area contributed by atoms with Crippen molar-refractivity contribution < 1.29 is 19.0 Å². The number of hydrogen-bond acceptors (Lipinski definition) is 4. The van der Waals surface area contributed by atoms with Crippen LogP contribution >= 0.6 is 0 Å². The average molecular weight is 264 g/mol. The van der Waals surface area contributed by atoms with E-state index >= 15 is 0 Å². The van der Waals surface area contributed by atoms with Crippen LogP contribution in [0.5, 0.6) is 11.5 Å². The summed E-state index contributed by atoms with van der Waals surface area (Å²) < 4.78 is 15.4. The van der Waals surface area contributed by atoms with E-state index in [1.807, 2.05) is 13.0 Å².